The summed E-state index contributed by atoms with van der Waals surface area (Å²) in [6, 6.07) is 13.6. The van der Waals surface area contributed by atoms with Crippen LogP contribution in [0.2, 0.25) is 0 Å². The Labute approximate surface area is 173 Å². The molecule has 3 rings (SSSR count). The molecule has 1 atom stereocenters. The van der Waals surface area contributed by atoms with Crippen LogP contribution in [0.3, 0.4) is 0 Å². The lowest BCUT2D eigenvalue weighted by Gasteiger charge is -2.32. The molecule has 8 heteroatoms. The Morgan fingerprint density at radius 1 is 1.10 bits per heavy atom. The molecule has 7 nitrogen and oxygen atoms in total. The van der Waals surface area contributed by atoms with Gasteiger partial charge in [-0.25, -0.2) is 8.42 Å². The number of sulfonamides is 1. The summed E-state index contributed by atoms with van der Waals surface area (Å²) < 4.78 is 33.2. The van der Waals surface area contributed by atoms with Crippen molar-refractivity contribution in [1.82, 2.24) is 10.2 Å². The first-order valence-electron chi connectivity index (χ1n) is 9.75. The predicted octanol–water partition coefficient (Wildman–Crippen LogP) is 1.47. The van der Waals surface area contributed by atoms with Crippen molar-refractivity contribution in [3.05, 3.63) is 54.1 Å². The number of nitrogens with zero attached hydrogens (tertiary/aromatic N) is 2. The Hall–Kier alpha value is -2.13. The van der Waals surface area contributed by atoms with Gasteiger partial charge in [-0.05, 0) is 43.3 Å². The van der Waals surface area contributed by atoms with E-state index >= 15 is 0 Å². The number of benzene rings is 2. The van der Waals surface area contributed by atoms with Gasteiger partial charge in [0.1, 0.15) is 5.75 Å². The van der Waals surface area contributed by atoms with Crippen LogP contribution in [0.25, 0.3) is 0 Å². The first kappa shape index (κ1) is 21.6. The summed E-state index contributed by atoms with van der Waals surface area (Å²) in [5.74, 6) is 0.641. The Morgan fingerprint density at radius 3 is 2.31 bits per heavy atom. The lowest BCUT2D eigenvalue weighted by Crippen LogP contribution is -2.49. The summed E-state index contributed by atoms with van der Waals surface area (Å²) in [6.45, 7) is 5.74. The molecule has 2 aromatic rings. The molecule has 0 spiro atoms. The second-order valence-electron chi connectivity index (χ2n) is 7.25. The van der Waals surface area contributed by atoms with Crippen molar-refractivity contribution in [1.29, 1.82) is 0 Å². The van der Waals surface area contributed by atoms with Crippen molar-refractivity contribution >= 4 is 15.7 Å². The number of hydrogen-bond donors (Lipinski definition) is 2. The first-order valence-corrected chi connectivity index (χ1v) is 11.2. The molecule has 1 aliphatic rings. The minimum atomic E-state index is -3.82. The number of aryl methyl sites for hydroxylation is 1. The van der Waals surface area contributed by atoms with Gasteiger partial charge in [0.2, 0.25) is 0 Å². The molecule has 0 aliphatic carbocycles. The zero-order valence-electron chi connectivity index (χ0n) is 16.9. The lowest BCUT2D eigenvalue weighted by atomic mass is 10.2. The van der Waals surface area contributed by atoms with Crippen LogP contribution < -0.4 is 14.4 Å². The average molecular weight is 420 g/mol. The van der Waals surface area contributed by atoms with Gasteiger partial charge < -0.3 is 15.2 Å². The highest BCUT2D eigenvalue weighted by atomic mass is 32.2. The normalized spacial score (nSPS) is 16.4. The molecule has 0 amide bonds. The minimum absolute atomic E-state index is 0.0214. The molecule has 1 aliphatic heterocycles. The molecule has 158 valence electrons. The lowest BCUT2D eigenvalue weighted by molar-refractivity contribution is 0.111. The van der Waals surface area contributed by atoms with Crippen LogP contribution in [0, 0.1) is 6.92 Å². The predicted molar refractivity (Wildman–Crippen MR) is 114 cm³/mol. The fourth-order valence-corrected chi connectivity index (χ4v) is 4.87. The van der Waals surface area contributed by atoms with E-state index in [4.69, 9.17) is 4.74 Å². The fourth-order valence-electron chi connectivity index (χ4n) is 3.37. The second kappa shape index (κ2) is 9.58. The van der Waals surface area contributed by atoms with Crippen LogP contribution in [-0.2, 0) is 10.0 Å². The number of methoxy groups -OCH3 is 1. The molecular weight excluding hydrogens is 390 g/mol. The molecule has 0 unspecified atom stereocenters. The highest BCUT2D eigenvalue weighted by Crippen LogP contribution is 2.26. The second-order valence-corrected chi connectivity index (χ2v) is 9.11. The number of nitrogens with one attached hydrogen (secondary N) is 1. The van der Waals surface area contributed by atoms with Crippen LogP contribution in [0.1, 0.15) is 5.56 Å². The summed E-state index contributed by atoms with van der Waals surface area (Å²) >= 11 is 0. The summed E-state index contributed by atoms with van der Waals surface area (Å²) in [4.78, 5) is 2.35. The Kier molecular flexibility index (Phi) is 7.13. The molecule has 0 aromatic heterocycles. The Balaban J connectivity index is 1.86. The number of anilines is 1. The van der Waals surface area contributed by atoms with Crippen molar-refractivity contribution in [3.8, 4) is 5.75 Å². The summed E-state index contributed by atoms with van der Waals surface area (Å²) in [7, 11) is -2.26. The zero-order chi connectivity index (χ0) is 20.9. The highest BCUT2D eigenvalue weighted by molar-refractivity contribution is 7.92. The quantitative estimate of drug-likeness (QED) is 0.674. The van der Waals surface area contributed by atoms with E-state index in [1.54, 1.807) is 55.6 Å². The summed E-state index contributed by atoms with van der Waals surface area (Å²) in [5.41, 5.74) is 1.48. The van der Waals surface area contributed by atoms with Crippen LogP contribution in [0.4, 0.5) is 5.69 Å². The third kappa shape index (κ3) is 5.48. The van der Waals surface area contributed by atoms with Crippen molar-refractivity contribution in [2.45, 2.75) is 17.9 Å². The summed E-state index contributed by atoms with van der Waals surface area (Å²) in [6.07, 6.45) is -0.810. The number of ether oxygens (including phenoxy) is 1. The van der Waals surface area contributed by atoms with Gasteiger partial charge in [0, 0.05) is 32.7 Å². The van der Waals surface area contributed by atoms with E-state index in [2.05, 4.69) is 10.2 Å². The molecule has 1 saturated heterocycles. The van der Waals surface area contributed by atoms with E-state index < -0.39 is 16.1 Å². The number of β-amino-alcohol motifs (C(OH)–C–C–N with tert-alkyl or cyclic N) is 1. The third-order valence-corrected chi connectivity index (χ3v) is 6.83. The van der Waals surface area contributed by atoms with Crippen molar-refractivity contribution < 1.29 is 18.3 Å². The van der Waals surface area contributed by atoms with Crippen LogP contribution >= 0.6 is 0 Å². The van der Waals surface area contributed by atoms with Crippen LogP contribution in [0.15, 0.2) is 53.4 Å². The number of piperazine rings is 1. The molecule has 0 bridgehead atoms. The number of aliphatic hydroxyl groups excluding tert-OH is 1. The molecule has 1 fully saturated rings. The van der Waals surface area contributed by atoms with Gasteiger partial charge in [0.05, 0.1) is 30.3 Å². The molecule has 0 radical (unpaired) electrons. The van der Waals surface area contributed by atoms with E-state index in [1.165, 1.54) is 4.31 Å². The van der Waals surface area contributed by atoms with Gasteiger partial charge in [0.15, 0.2) is 0 Å². The highest BCUT2D eigenvalue weighted by Gasteiger charge is 2.28. The SMILES string of the molecule is COc1ccc(N(C[C@H](O)CN2CCNCC2)S(=O)(=O)c2ccc(C)cc2)cc1. The monoisotopic (exact) mass is 419 g/mol. The van der Waals surface area contributed by atoms with E-state index in [0.29, 0.717) is 18.0 Å². The van der Waals surface area contributed by atoms with Crippen LogP contribution in [0.5, 0.6) is 5.75 Å². The average Bonchev–Trinajstić information content (AvgIpc) is 2.73. The maximum atomic E-state index is 13.4. The Morgan fingerprint density at radius 2 is 1.72 bits per heavy atom. The first-order chi connectivity index (χ1) is 13.9. The van der Waals surface area contributed by atoms with Gasteiger partial charge in [-0.15, -0.1) is 0 Å². The van der Waals surface area contributed by atoms with Crippen molar-refractivity contribution in [3.63, 3.8) is 0 Å². The molecule has 1 heterocycles. The zero-order valence-corrected chi connectivity index (χ0v) is 17.7. The fraction of sp³-hybridized carbons (Fsp3) is 0.429. The van der Waals surface area contributed by atoms with E-state index in [9.17, 15) is 13.5 Å². The number of aliphatic hydroxyl groups is 1. The molecule has 0 saturated carbocycles. The molecular formula is C21H29N3O4S. The van der Waals surface area contributed by atoms with Gasteiger partial charge >= 0.3 is 0 Å². The maximum Gasteiger partial charge on any atom is 0.264 e. The van der Waals surface area contributed by atoms with Crippen molar-refractivity contribution in [2.24, 2.45) is 0 Å². The topological polar surface area (TPSA) is 82.1 Å². The minimum Gasteiger partial charge on any atom is -0.497 e. The van der Waals surface area contributed by atoms with Crippen molar-refractivity contribution in [2.75, 3.05) is 50.7 Å². The molecule has 2 aromatic carbocycles. The van der Waals surface area contributed by atoms with Gasteiger partial charge in [-0.3, -0.25) is 9.21 Å². The van der Waals surface area contributed by atoms with Gasteiger partial charge in [-0.2, -0.15) is 0 Å². The number of hydrogen-bond acceptors (Lipinski definition) is 6. The smallest absolute Gasteiger partial charge is 0.264 e. The molecule has 29 heavy (non-hydrogen) atoms. The number of rotatable bonds is 8. The third-order valence-electron chi connectivity index (χ3n) is 5.02. The van der Waals surface area contributed by atoms with E-state index in [0.717, 1.165) is 31.7 Å². The van der Waals surface area contributed by atoms with E-state index in [-0.39, 0.29) is 11.4 Å². The van der Waals surface area contributed by atoms with E-state index in [1.807, 2.05) is 6.92 Å². The molecule has 2 N–H and O–H groups in total. The van der Waals surface area contributed by atoms with Gasteiger partial charge in [-0.1, -0.05) is 17.7 Å². The van der Waals surface area contributed by atoms with Crippen LogP contribution in [-0.4, -0.2) is 70.9 Å². The van der Waals surface area contributed by atoms with Gasteiger partial charge in [0.25, 0.3) is 10.0 Å². The standard InChI is InChI=1S/C21H29N3O4S/c1-17-3-9-21(10-4-17)29(26,27)24(18-5-7-20(28-2)8-6-18)16-19(25)15-23-13-11-22-12-14-23/h3-10,19,22,25H,11-16H2,1-2H3/t19-/m1/s1. The Bertz CT molecular complexity index is 879. The largest absolute Gasteiger partial charge is 0.497 e. The maximum absolute atomic E-state index is 13.4. The summed E-state index contributed by atoms with van der Waals surface area (Å²) in [5, 5.41) is 14.0.